The van der Waals surface area contributed by atoms with Crippen molar-refractivity contribution in [3.63, 3.8) is 0 Å². The molecule has 104 valence electrons. The van der Waals surface area contributed by atoms with Crippen LogP contribution in [0.3, 0.4) is 0 Å². The Morgan fingerprint density at radius 2 is 1.89 bits per heavy atom. The van der Waals surface area contributed by atoms with Crippen molar-refractivity contribution in [2.75, 3.05) is 19.6 Å². The maximum Gasteiger partial charge on any atom is 0.243 e. The second-order valence-corrected chi connectivity index (χ2v) is 6.44. The van der Waals surface area contributed by atoms with Gasteiger partial charge in [0.05, 0.1) is 4.90 Å². The van der Waals surface area contributed by atoms with E-state index >= 15 is 0 Å². The van der Waals surface area contributed by atoms with Gasteiger partial charge in [0, 0.05) is 26.1 Å². The number of hydrogen-bond acceptors (Lipinski definition) is 3. The number of hydrogen-bond donors (Lipinski definition) is 1. The first-order valence-electron chi connectivity index (χ1n) is 6.40. The Bertz CT molecular complexity index is 552. The SMILES string of the molecule is CCc1ccc(S(=O)(=O)N2CCNC(=O)CC2)cc1. The number of benzene rings is 1. The van der Waals surface area contributed by atoms with Crippen molar-refractivity contribution in [3.8, 4) is 0 Å². The summed E-state index contributed by atoms with van der Waals surface area (Å²) in [7, 11) is -3.49. The van der Waals surface area contributed by atoms with Gasteiger partial charge in [-0.05, 0) is 24.1 Å². The van der Waals surface area contributed by atoms with Crippen LogP contribution in [0.15, 0.2) is 29.2 Å². The number of rotatable bonds is 3. The van der Waals surface area contributed by atoms with Gasteiger partial charge in [-0.15, -0.1) is 0 Å². The maximum absolute atomic E-state index is 12.4. The van der Waals surface area contributed by atoms with Crippen LogP contribution in [0.1, 0.15) is 18.9 Å². The highest BCUT2D eigenvalue weighted by molar-refractivity contribution is 7.89. The zero-order valence-electron chi connectivity index (χ0n) is 10.9. The lowest BCUT2D eigenvalue weighted by Crippen LogP contribution is -2.34. The zero-order chi connectivity index (χ0) is 13.9. The first-order chi connectivity index (χ1) is 9.04. The van der Waals surface area contributed by atoms with Crippen molar-refractivity contribution < 1.29 is 13.2 Å². The van der Waals surface area contributed by atoms with Crippen LogP contribution in [0.25, 0.3) is 0 Å². The second kappa shape index (κ2) is 5.71. The van der Waals surface area contributed by atoms with Gasteiger partial charge in [0.2, 0.25) is 15.9 Å². The number of nitrogens with zero attached hydrogens (tertiary/aromatic N) is 1. The molecule has 1 aliphatic heterocycles. The van der Waals surface area contributed by atoms with Gasteiger partial charge in [-0.3, -0.25) is 4.79 Å². The minimum atomic E-state index is -3.49. The van der Waals surface area contributed by atoms with Crippen LogP contribution in [-0.2, 0) is 21.2 Å². The second-order valence-electron chi connectivity index (χ2n) is 4.50. The van der Waals surface area contributed by atoms with Crippen LogP contribution in [0.5, 0.6) is 0 Å². The van der Waals surface area contributed by atoms with Crippen LogP contribution < -0.4 is 5.32 Å². The smallest absolute Gasteiger partial charge is 0.243 e. The quantitative estimate of drug-likeness (QED) is 0.890. The third kappa shape index (κ3) is 3.13. The van der Waals surface area contributed by atoms with Gasteiger partial charge in [0.1, 0.15) is 0 Å². The molecular formula is C13H18N2O3S. The highest BCUT2D eigenvalue weighted by Gasteiger charge is 2.26. The molecule has 0 saturated carbocycles. The van der Waals surface area contributed by atoms with Crippen molar-refractivity contribution in [1.82, 2.24) is 9.62 Å². The molecule has 0 spiro atoms. The molecule has 0 aliphatic carbocycles. The molecule has 0 radical (unpaired) electrons. The van der Waals surface area contributed by atoms with Gasteiger partial charge in [-0.1, -0.05) is 19.1 Å². The normalized spacial score (nSPS) is 17.8. The van der Waals surface area contributed by atoms with Gasteiger partial charge >= 0.3 is 0 Å². The first-order valence-corrected chi connectivity index (χ1v) is 7.84. The molecule has 1 aromatic carbocycles. The maximum atomic E-state index is 12.4. The highest BCUT2D eigenvalue weighted by atomic mass is 32.2. The molecule has 1 aromatic rings. The van der Waals surface area contributed by atoms with Crippen LogP contribution >= 0.6 is 0 Å². The Morgan fingerprint density at radius 3 is 2.53 bits per heavy atom. The summed E-state index contributed by atoms with van der Waals surface area (Å²) in [4.78, 5) is 11.5. The fraction of sp³-hybridized carbons (Fsp3) is 0.462. The van der Waals surface area contributed by atoms with E-state index in [1.165, 1.54) is 4.31 Å². The Hall–Kier alpha value is -1.40. The highest BCUT2D eigenvalue weighted by Crippen LogP contribution is 2.17. The van der Waals surface area contributed by atoms with E-state index in [2.05, 4.69) is 5.32 Å². The molecule has 1 heterocycles. The van der Waals surface area contributed by atoms with E-state index in [4.69, 9.17) is 0 Å². The van der Waals surface area contributed by atoms with Gasteiger partial charge in [-0.2, -0.15) is 4.31 Å². The molecular weight excluding hydrogens is 264 g/mol. The zero-order valence-corrected chi connectivity index (χ0v) is 11.7. The van der Waals surface area contributed by atoms with Crippen LogP contribution in [-0.4, -0.2) is 38.3 Å². The van der Waals surface area contributed by atoms with Crippen LogP contribution in [0.4, 0.5) is 0 Å². The monoisotopic (exact) mass is 282 g/mol. The first kappa shape index (κ1) is 14.0. The third-order valence-corrected chi connectivity index (χ3v) is 5.15. The van der Waals surface area contributed by atoms with E-state index < -0.39 is 10.0 Å². The van der Waals surface area contributed by atoms with Gasteiger partial charge in [0.25, 0.3) is 0 Å². The number of carbonyl (C=O) groups is 1. The van der Waals surface area contributed by atoms with Gasteiger partial charge in [0.15, 0.2) is 0 Å². The van der Waals surface area contributed by atoms with Crippen molar-refractivity contribution in [1.29, 1.82) is 0 Å². The molecule has 1 fully saturated rings. The molecule has 0 atom stereocenters. The summed E-state index contributed by atoms with van der Waals surface area (Å²) >= 11 is 0. The van der Waals surface area contributed by atoms with Gasteiger partial charge < -0.3 is 5.32 Å². The summed E-state index contributed by atoms with van der Waals surface area (Å²) in [6, 6.07) is 6.92. The average Bonchev–Trinajstić information content (AvgIpc) is 2.64. The lowest BCUT2D eigenvalue weighted by Gasteiger charge is -2.19. The third-order valence-electron chi connectivity index (χ3n) is 3.24. The van der Waals surface area contributed by atoms with E-state index in [0.29, 0.717) is 18.0 Å². The molecule has 0 bridgehead atoms. The lowest BCUT2D eigenvalue weighted by atomic mass is 10.2. The number of carbonyl (C=O) groups excluding carboxylic acids is 1. The molecule has 19 heavy (non-hydrogen) atoms. The number of amides is 1. The van der Waals surface area contributed by atoms with Gasteiger partial charge in [-0.25, -0.2) is 8.42 Å². The summed E-state index contributed by atoms with van der Waals surface area (Å²) in [6.45, 7) is 2.95. The largest absolute Gasteiger partial charge is 0.355 e. The molecule has 0 unspecified atom stereocenters. The fourth-order valence-corrected chi connectivity index (χ4v) is 3.47. The fourth-order valence-electron chi connectivity index (χ4n) is 2.03. The minimum Gasteiger partial charge on any atom is -0.355 e. The summed E-state index contributed by atoms with van der Waals surface area (Å²) in [6.07, 6.45) is 1.09. The molecule has 1 saturated heterocycles. The van der Waals surface area contributed by atoms with Crippen LogP contribution in [0, 0.1) is 0 Å². The van der Waals surface area contributed by atoms with E-state index in [1.807, 2.05) is 19.1 Å². The summed E-state index contributed by atoms with van der Waals surface area (Å²) in [5.74, 6) is -0.0981. The standard InChI is InChI=1S/C13H18N2O3S/c1-2-11-3-5-12(6-4-11)19(17,18)15-9-7-13(16)14-8-10-15/h3-6H,2,7-10H2,1H3,(H,14,16). The van der Waals surface area contributed by atoms with Crippen molar-refractivity contribution in [2.45, 2.75) is 24.7 Å². The summed E-state index contributed by atoms with van der Waals surface area (Å²) in [5.41, 5.74) is 1.10. The predicted molar refractivity (Wildman–Crippen MR) is 72.2 cm³/mol. The summed E-state index contributed by atoms with van der Waals surface area (Å²) in [5, 5.41) is 2.67. The van der Waals surface area contributed by atoms with Crippen molar-refractivity contribution in [3.05, 3.63) is 29.8 Å². The average molecular weight is 282 g/mol. The molecule has 1 N–H and O–H groups in total. The topological polar surface area (TPSA) is 66.5 Å². The minimum absolute atomic E-state index is 0.0981. The molecule has 1 aliphatic rings. The molecule has 6 heteroatoms. The molecule has 1 amide bonds. The Morgan fingerprint density at radius 1 is 1.21 bits per heavy atom. The Balaban J connectivity index is 2.22. The van der Waals surface area contributed by atoms with E-state index in [9.17, 15) is 13.2 Å². The molecule has 5 nitrogen and oxygen atoms in total. The van der Waals surface area contributed by atoms with Crippen molar-refractivity contribution in [2.24, 2.45) is 0 Å². The predicted octanol–water partition coefficient (Wildman–Crippen LogP) is 0.760. The number of nitrogens with one attached hydrogen (secondary N) is 1. The number of sulfonamides is 1. The van der Waals surface area contributed by atoms with Crippen molar-refractivity contribution >= 4 is 15.9 Å². The Kier molecular flexibility index (Phi) is 4.21. The van der Waals surface area contributed by atoms with E-state index in [-0.39, 0.29) is 18.9 Å². The van der Waals surface area contributed by atoms with E-state index in [0.717, 1.165) is 12.0 Å². The van der Waals surface area contributed by atoms with E-state index in [1.54, 1.807) is 12.1 Å². The molecule has 2 rings (SSSR count). The molecule has 0 aromatic heterocycles. The lowest BCUT2D eigenvalue weighted by molar-refractivity contribution is -0.120. The Labute approximate surface area is 113 Å². The number of aryl methyl sites for hydroxylation is 1. The van der Waals surface area contributed by atoms with Crippen LogP contribution in [0.2, 0.25) is 0 Å². The summed E-state index contributed by atoms with van der Waals surface area (Å²) < 4.78 is 26.2.